The molecule has 0 radical (unpaired) electrons. The second kappa shape index (κ2) is 12.2. The van der Waals surface area contributed by atoms with Gasteiger partial charge in [0.1, 0.15) is 5.82 Å². The van der Waals surface area contributed by atoms with Crippen LogP contribution in [0.5, 0.6) is 0 Å². The van der Waals surface area contributed by atoms with E-state index in [1.165, 1.54) is 37.9 Å². The molecule has 0 bridgehead atoms. The Bertz CT molecular complexity index is 840. The molecule has 0 saturated carbocycles. The van der Waals surface area contributed by atoms with Crippen LogP contribution in [0.4, 0.5) is 5.82 Å². The van der Waals surface area contributed by atoms with E-state index in [4.69, 9.17) is 0 Å². The van der Waals surface area contributed by atoms with Gasteiger partial charge in [-0.3, -0.25) is 9.88 Å². The fourth-order valence-electron chi connectivity index (χ4n) is 3.77. The summed E-state index contributed by atoms with van der Waals surface area (Å²) in [5.74, 6) is 1.64. The van der Waals surface area contributed by atoms with E-state index in [2.05, 4.69) is 55.7 Å². The second-order valence-electron chi connectivity index (χ2n) is 7.47. The minimum absolute atomic E-state index is 0. The highest BCUT2D eigenvalue weighted by atomic mass is 35.5. The van der Waals surface area contributed by atoms with E-state index in [0.29, 0.717) is 0 Å². The number of benzene rings is 1. The first-order valence-electron chi connectivity index (χ1n) is 10.1. The third-order valence-electron chi connectivity index (χ3n) is 5.44. The fraction of sp³-hybridized carbons (Fsp3) is 0.348. The second-order valence-corrected chi connectivity index (χ2v) is 7.47. The molecule has 4 rings (SSSR count). The highest BCUT2D eigenvalue weighted by Crippen LogP contribution is 2.22. The van der Waals surface area contributed by atoms with Gasteiger partial charge in [-0.15, -0.1) is 22.6 Å². The zero-order valence-corrected chi connectivity index (χ0v) is 17.9. The maximum Gasteiger partial charge on any atom is 0.148 e. The molecule has 1 aliphatic heterocycles. The summed E-state index contributed by atoms with van der Waals surface area (Å²) < 4.78 is 0. The lowest BCUT2D eigenvalue weighted by atomic mass is 9.93. The van der Waals surface area contributed by atoms with Crippen molar-refractivity contribution in [2.75, 3.05) is 25.0 Å². The van der Waals surface area contributed by atoms with Crippen LogP contribution in [0.2, 0.25) is 0 Å². The number of hydrogen-bond acceptors (Lipinski definition) is 5. The predicted octanol–water partition coefficient (Wildman–Crippen LogP) is 3.85. The lowest BCUT2D eigenvalue weighted by Crippen LogP contribution is -2.33. The van der Waals surface area contributed by atoms with E-state index in [1.54, 1.807) is 12.4 Å². The van der Waals surface area contributed by atoms with Crippen molar-refractivity contribution in [3.8, 4) is 11.3 Å². The first-order chi connectivity index (χ1) is 13.9. The first kappa shape index (κ1) is 23.7. The van der Waals surface area contributed by atoms with Gasteiger partial charge in [0.25, 0.3) is 0 Å². The maximum absolute atomic E-state index is 4.30. The van der Waals surface area contributed by atoms with Crippen molar-refractivity contribution in [1.82, 2.24) is 20.1 Å². The summed E-state index contributed by atoms with van der Waals surface area (Å²) in [6.45, 7) is 4.41. The molecule has 160 valence electrons. The summed E-state index contributed by atoms with van der Waals surface area (Å²) >= 11 is 0. The standard InChI is InChI=1S/C23H27N5.ClH.H2O/c1-2-5-20(6-3-1)18-28-15-11-19(12-16-28)10-14-25-23-9-8-22(26-27-23)21-7-4-13-24-17-21;;/h1-9,13,17,19H,10-12,14-16,18H2,(H,25,27);1H;1H2. The highest BCUT2D eigenvalue weighted by molar-refractivity contribution is 5.85. The van der Waals surface area contributed by atoms with Gasteiger partial charge in [-0.2, -0.15) is 0 Å². The lowest BCUT2D eigenvalue weighted by molar-refractivity contribution is 0.174. The predicted molar refractivity (Wildman–Crippen MR) is 124 cm³/mol. The normalized spacial score (nSPS) is 14.4. The number of rotatable bonds is 7. The number of pyridine rings is 1. The third kappa shape index (κ3) is 6.76. The van der Waals surface area contributed by atoms with E-state index in [-0.39, 0.29) is 17.9 Å². The number of likely N-dealkylation sites (tertiary alicyclic amines) is 1. The Balaban J connectivity index is 0.00000160. The molecule has 3 heterocycles. The van der Waals surface area contributed by atoms with E-state index in [0.717, 1.165) is 36.1 Å². The SMILES string of the molecule is Cl.O.c1ccc(CN2CCC(CCNc3ccc(-c4cccnc4)nn3)CC2)cc1. The van der Waals surface area contributed by atoms with Gasteiger partial charge in [-0.1, -0.05) is 30.3 Å². The molecule has 1 fully saturated rings. The Morgan fingerprint density at radius 2 is 1.73 bits per heavy atom. The molecule has 0 aliphatic carbocycles. The number of aromatic nitrogens is 3. The molecule has 1 aromatic carbocycles. The molecular formula is C23H30ClN5O. The number of piperidine rings is 1. The van der Waals surface area contributed by atoms with Crippen LogP contribution in [0.25, 0.3) is 11.3 Å². The van der Waals surface area contributed by atoms with Crippen LogP contribution in [-0.2, 0) is 6.54 Å². The van der Waals surface area contributed by atoms with Gasteiger partial charge < -0.3 is 10.8 Å². The van der Waals surface area contributed by atoms with Crippen LogP contribution in [0.3, 0.4) is 0 Å². The molecule has 3 N–H and O–H groups in total. The summed E-state index contributed by atoms with van der Waals surface area (Å²) in [5.41, 5.74) is 3.25. The minimum Gasteiger partial charge on any atom is -0.412 e. The molecule has 7 heteroatoms. The molecule has 3 aromatic rings. The van der Waals surface area contributed by atoms with Gasteiger partial charge in [0.15, 0.2) is 0 Å². The average Bonchev–Trinajstić information content (AvgIpc) is 2.77. The van der Waals surface area contributed by atoms with Crippen LogP contribution in [0.1, 0.15) is 24.8 Å². The number of nitrogens with zero attached hydrogens (tertiary/aromatic N) is 4. The van der Waals surface area contributed by atoms with Crippen molar-refractivity contribution in [2.24, 2.45) is 5.92 Å². The van der Waals surface area contributed by atoms with Crippen LogP contribution >= 0.6 is 12.4 Å². The monoisotopic (exact) mass is 427 g/mol. The zero-order chi connectivity index (χ0) is 19.0. The summed E-state index contributed by atoms with van der Waals surface area (Å²) in [4.78, 5) is 6.70. The van der Waals surface area contributed by atoms with E-state index in [9.17, 15) is 0 Å². The fourth-order valence-corrected chi connectivity index (χ4v) is 3.77. The van der Waals surface area contributed by atoms with E-state index < -0.39 is 0 Å². The Hall–Kier alpha value is -2.54. The van der Waals surface area contributed by atoms with Gasteiger partial charge >= 0.3 is 0 Å². The van der Waals surface area contributed by atoms with Crippen LogP contribution in [0.15, 0.2) is 67.0 Å². The molecule has 6 nitrogen and oxygen atoms in total. The maximum atomic E-state index is 4.30. The van der Waals surface area contributed by atoms with Crippen molar-refractivity contribution in [3.05, 3.63) is 72.6 Å². The molecule has 1 saturated heterocycles. The van der Waals surface area contributed by atoms with E-state index in [1.807, 2.05) is 24.3 Å². The van der Waals surface area contributed by atoms with Crippen LogP contribution in [-0.4, -0.2) is 45.2 Å². The quantitative estimate of drug-likeness (QED) is 0.618. The molecule has 30 heavy (non-hydrogen) atoms. The molecular weight excluding hydrogens is 398 g/mol. The van der Waals surface area contributed by atoms with Gasteiger partial charge in [0, 0.05) is 31.0 Å². The van der Waals surface area contributed by atoms with Crippen LogP contribution < -0.4 is 5.32 Å². The Labute approximate surface area is 184 Å². The summed E-state index contributed by atoms with van der Waals surface area (Å²) in [6.07, 6.45) is 7.31. The number of nitrogens with one attached hydrogen (secondary N) is 1. The molecule has 2 aromatic heterocycles. The average molecular weight is 428 g/mol. The third-order valence-corrected chi connectivity index (χ3v) is 5.44. The number of hydrogen-bond donors (Lipinski definition) is 1. The number of halogens is 1. The van der Waals surface area contributed by atoms with Gasteiger partial charge in [0.05, 0.1) is 5.69 Å². The highest BCUT2D eigenvalue weighted by Gasteiger charge is 2.18. The van der Waals surface area contributed by atoms with Gasteiger partial charge in [-0.05, 0) is 68.1 Å². The zero-order valence-electron chi connectivity index (χ0n) is 17.1. The van der Waals surface area contributed by atoms with Crippen molar-refractivity contribution < 1.29 is 5.48 Å². The minimum atomic E-state index is 0. The van der Waals surface area contributed by atoms with E-state index >= 15 is 0 Å². The van der Waals surface area contributed by atoms with Crippen molar-refractivity contribution in [1.29, 1.82) is 0 Å². The van der Waals surface area contributed by atoms with Crippen LogP contribution in [0, 0.1) is 5.92 Å². The molecule has 0 amide bonds. The van der Waals surface area contributed by atoms with Crippen molar-refractivity contribution >= 4 is 18.2 Å². The van der Waals surface area contributed by atoms with Crippen molar-refractivity contribution in [3.63, 3.8) is 0 Å². The lowest BCUT2D eigenvalue weighted by Gasteiger charge is -2.32. The molecule has 0 unspecified atom stereocenters. The first-order valence-corrected chi connectivity index (χ1v) is 10.1. The molecule has 0 spiro atoms. The Morgan fingerprint density at radius 1 is 0.933 bits per heavy atom. The summed E-state index contributed by atoms with van der Waals surface area (Å²) in [7, 11) is 0. The molecule has 0 atom stereocenters. The Morgan fingerprint density at radius 3 is 2.40 bits per heavy atom. The smallest absolute Gasteiger partial charge is 0.148 e. The Kier molecular flexibility index (Phi) is 9.67. The largest absolute Gasteiger partial charge is 0.412 e. The van der Waals surface area contributed by atoms with Gasteiger partial charge in [0.2, 0.25) is 0 Å². The van der Waals surface area contributed by atoms with Crippen molar-refractivity contribution in [2.45, 2.75) is 25.8 Å². The topological polar surface area (TPSA) is 85.4 Å². The summed E-state index contributed by atoms with van der Waals surface area (Å²) in [6, 6.07) is 18.7. The van der Waals surface area contributed by atoms with Gasteiger partial charge in [-0.25, -0.2) is 0 Å². The summed E-state index contributed by atoms with van der Waals surface area (Å²) in [5, 5.41) is 12.0. The number of anilines is 1. The molecule has 1 aliphatic rings.